The Kier molecular flexibility index (Phi) is 3.08. The van der Waals surface area contributed by atoms with Crippen LogP contribution in [-0.2, 0) is 0 Å². The summed E-state index contributed by atoms with van der Waals surface area (Å²) in [5, 5.41) is 0. The molecule has 15 heavy (non-hydrogen) atoms. The third-order valence-corrected chi connectivity index (χ3v) is 4.12. The van der Waals surface area contributed by atoms with Crippen LogP contribution >= 0.6 is 0 Å². The van der Waals surface area contributed by atoms with Crippen LogP contribution in [0.25, 0.3) is 0 Å². The van der Waals surface area contributed by atoms with Crippen LogP contribution in [0.4, 0.5) is 0 Å². The van der Waals surface area contributed by atoms with Crippen molar-refractivity contribution in [2.75, 3.05) is 13.1 Å². The summed E-state index contributed by atoms with van der Waals surface area (Å²) in [6.07, 6.45) is 9.34. The fraction of sp³-hybridized carbons (Fsp3) is 0.857. The highest BCUT2D eigenvalue weighted by molar-refractivity contribution is 5.08. The Bertz CT molecular complexity index is 241. The number of hydrogen-bond donors (Lipinski definition) is 0. The largest absolute Gasteiger partial charge is 0.375 e. The van der Waals surface area contributed by atoms with Gasteiger partial charge in [0.05, 0.1) is 0 Å². The van der Waals surface area contributed by atoms with Gasteiger partial charge in [-0.05, 0) is 43.4 Å². The molecule has 0 aromatic heterocycles. The lowest BCUT2D eigenvalue weighted by Gasteiger charge is -2.35. The lowest BCUT2D eigenvalue weighted by molar-refractivity contribution is 0.210. The summed E-state index contributed by atoms with van der Waals surface area (Å²) in [4.78, 5) is 2.61. The van der Waals surface area contributed by atoms with E-state index in [4.69, 9.17) is 0 Å². The molecule has 1 nitrogen and oxygen atoms in total. The van der Waals surface area contributed by atoms with Gasteiger partial charge < -0.3 is 4.90 Å². The molecule has 0 aromatic rings. The highest BCUT2D eigenvalue weighted by atomic mass is 15.1. The summed E-state index contributed by atoms with van der Waals surface area (Å²) in [6.45, 7) is 9.77. The van der Waals surface area contributed by atoms with E-state index in [9.17, 15) is 0 Å². The maximum absolute atomic E-state index is 2.61. The second kappa shape index (κ2) is 4.19. The average molecular weight is 207 g/mol. The highest BCUT2D eigenvalue weighted by Crippen LogP contribution is 2.38. The summed E-state index contributed by atoms with van der Waals surface area (Å²) in [7, 11) is 0. The van der Waals surface area contributed by atoms with Gasteiger partial charge in [0.25, 0.3) is 0 Å². The van der Waals surface area contributed by atoms with Gasteiger partial charge in [0.15, 0.2) is 0 Å². The number of rotatable bonds is 1. The fourth-order valence-corrected chi connectivity index (χ4v) is 2.90. The predicted octanol–water partition coefficient (Wildman–Crippen LogP) is 3.81. The molecule has 0 unspecified atom stereocenters. The second-order valence-electron chi connectivity index (χ2n) is 6.23. The van der Waals surface area contributed by atoms with Crippen LogP contribution in [0.15, 0.2) is 11.8 Å². The minimum Gasteiger partial charge on any atom is -0.375 e. The van der Waals surface area contributed by atoms with Gasteiger partial charge >= 0.3 is 0 Å². The molecule has 0 saturated carbocycles. The van der Waals surface area contributed by atoms with Gasteiger partial charge in [0.2, 0.25) is 0 Å². The maximum Gasteiger partial charge on any atom is 0.0175 e. The van der Waals surface area contributed by atoms with Crippen molar-refractivity contribution in [2.24, 2.45) is 11.3 Å². The van der Waals surface area contributed by atoms with Crippen molar-refractivity contribution in [3.63, 3.8) is 0 Å². The van der Waals surface area contributed by atoms with Crippen LogP contribution in [0.3, 0.4) is 0 Å². The Morgan fingerprint density at radius 2 is 1.87 bits per heavy atom. The first-order valence-corrected chi connectivity index (χ1v) is 6.51. The Balaban J connectivity index is 1.94. The van der Waals surface area contributed by atoms with E-state index in [1.165, 1.54) is 45.2 Å². The molecule has 1 heterocycles. The standard InChI is InChI=1S/C14H25N/c1-14(2,3)12-6-8-13(9-7-12)15-10-4-5-11-15/h8,12H,4-7,9-11H2,1-3H3/t12-/m1/s1. The number of nitrogens with zero attached hydrogens (tertiary/aromatic N) is 1. The molecule has 2 aliphatic rings. The lowest BCUT2D eigenvalue weighted by Crippen LogP contribution is -2.26. The number of allylic oxidation sites excluding steroid dienone is 2. The van der Waals surface area contributed by atoms with E-state index in [1.807, 2.05) is 0 Å². The number of hydrogen-bond acceptors (Lipinski definition) is 1. The van der Waals surface area contributed by atoms with Crippen LogP contribution < -0.4 is 0 Å². The normalized spacial score (nSPS) is 28.1. The zero-order valence-electron chi connectivity index (χ0n) is 10.6. The fourth-order valence-electron chi connectivity index (χ4n) is 2.90. The van der Waals surface area contributed by atoms with E-state index in [1.54, 1.807) is 5.70 Å². The molecule has 1 fully saturated rings. The lowest BCUT2D eigenvalue weighted by atomic mass is 9.74. The highest BCUT2D eigenvalue weighted by Gasteiger charge is 2.27. The van der Waals surface area contributed by atoms with E-state index in [0.717, 1.165) is 5.92 Å². The zero-order valence-corrected chi connectivity index (χ0v) is 10.6. The zero-order chi connectivity index (χ0) is 10.9. The van der Waals surface area contributed by atoms with Gasteiger partial charge in [-0.2, -0.15) is 0 Å². The predicted molar refractivity (Wildman–Crippen MR) is 65.7 cm³/mol. The van der Waals surface area contributed by atoms with Gasteiger partial charge in [0, 0.05) is 18.8 Å². The first kappa shape index (κ1) is 11.0. The van der Waals surface area contributed by atoms with Crippen molar-refractivity contribution in [1.82, 2.24) is 4.90 Å². The van der Waals surface area contributed by atoms with Gasteiger partial charge in [0.1, 0.15) is 0 Å². The van der Waals surface area contributed by atoms with Gasteiger partial charge in [-0.3, -0.25) is 0 Å². The first-order chi connectivity index (χ1) is 7.07. The molecule has 0 amide bonds. The monoisotopic (exact) mass is 207 g/mol. The van der Waals surface area contributed by atoms with Crippen molar-refractivity contribution in [3.05, 3.63) is 11.8 Å². The SMILES string of the molecule is CC(C)(C)[C@@H]1CC=C(N2CCCC2)CC1. The van der Waals surface area contributed by atoms with Crippen LogP contribution in [0, 0.1) is 11.3 Å². The number of likely N-dealkylation sites (tertiary alicyclic amines) is 1. The van der Waals surface area contributed by atoms with E-state index in [0.29, 0.717) is 5.41 Å². The molecule has 1 saturated heterocycles. The third-order valence-electron chi connectivity index (χ3n) is 4.12. The minimum atomic E-state index is 0.493. The van der Waals surface area contributed by atoms with Gasteiger partial charge in [-0.15, -0.1) is 0 Å². The Labute approximate surface area is 94.5 Å². The Morgan fingerprint density at radius 3 is 2.33 bits per heavy atom. The van der Waals surface area contributed by atoms with Gasteiger partial charge in [-0.25, -0.2) is 0 Å². The Hall–Kier alpha value is -0.460. The molecule has 0 spiro atoms. The van der Waals surface area contributed by atoms with Crippen LogP contribution in [0.5, 0.6) is 0 Å². The quantitative estimate of drug-likeness (QED) is 0.632. The molecule has 86 valence electrons. The van der Waals surface area contributed by atoms with Crippen molar-refractivity contribution in [3.8, 4) is 0 Å². The smallest absolute Gasteiger partial charge is 0.0175 e. The van der Waals surface area contributed by atoms with Crippen molar-refractivity contribution < 1.29 is 0 Å². The summed E-state index contributed by atoms with van der Waals surface area (Å²) < 4.78 is 0. The van der Waals surface area contributed by atoms with E-state index in [-0.39, 0.29) is 0 Å². The average Bonchev–Trinajstić information content (AvgIpc) is 2.69. The van der Waals surface area contributed by atoms with Crippen LogP contribution in [-0.4, -0.2) is 18.0 Å². The van der Waals surface area contributed by atoms with Crippen LogP contribution in [0.2, 0.25) is 0 Å². The van der Waals surface area contributed by atoms with Crippen LogP contribution in [0.1, 0.15) is 52.9 Å². The maximum atomic E-state index is 2.61. The molecule has 0 aromatic carbocycles. The topological polar surface area (TPSA) is 3.24 Å². The molecule has 2 rings (SSSR count). The molecular formula is C14H25N. The summed E-state index contributed by atoms with van der Waals surface area (Å²) in [5.41, 5.74) is 2.14. The molecule has 0 radical (unpaired) electrons. The second-order valence-corrected chi connectivity index (χ2v) is 6.23. The summed E-state index contributed by atoms with van der Waals surface area (Å²) in [6, 6.07) is 0. The first-order valence-electron chi connectivity index (χ1n) is 6.51. The molecule has 0 bridgehead atoms. The van der Waals surface area contributed by atoms with Crippen molar-refractivity contribution in [1.29, 1.82) is 0 Å². The minimum absolute atomic E-state index is 0.493. The molecule has 1 aliphatic carbocycles. The Morgan fingerprint density at radius 1 is 1.20 bits per heavy atom. The molecule has 1 atom stereocenters. The van der Waals surface area contributed by atoms with Crippen molar-refractivity contribution >= 4 is 0 Å². The summed E-state index contributed by atoms with van der Waals surface area (Å²) in [5.74, 6) is 0.892. The third kappa shape index (κ3) is 2.56. The molecule has 0 N–H and O–H groups in total. The summed E-state index contributed by atoms with van der Waals surface area (Å²) >= 11 is 0. The van der Waals surface area contributed by atoms with Gasteiger partial charge in [-0.1, -0.05) is 26.8 Å². The van der Waals surface area contributed by atoms with E-state index in [2.05, 4.69) is 31.7 Å². The van der Waals surface area contributed by atoms with Crippen molar-refractivity contribution in [2.45, 2.75) is 52.9 Å². The molecule has 1 aliphatic heterocycles. The van der Waals surface area contributed by atoms with E-state index < -0.39 is 0 Å². The molecular weight excluding hydrogens is 182 g/mol. The molecule has 1 heteroatoms. The van der Waals surface area contributed by atoms with E-state index >= 15 is 0 Å².